The molecule has 37 heavy (non-hydrogen) atoms. The van der Waals surface area contributed by atoms with Crippen LogP contribution in [0.5, 0.6) is 5.75 Å². The number of rotatable bonds is 14. The van der Waals surface area contributed by atoms with Crippen LogP contribution in [0.3, 0.4) is 0 Å². The highest BCUT2D eigenvalue weighted by Crippen LogP contribution is 2.27. The van der Waals surface area contributed by atoms with Crippen molar-refractivity contribution in [2.75, 3.05) is 6.54 Å². The minimum Gasteiger partial charge on any atom is -0.508 e. The fourth-order valence-electron chi connectivity index (χ4n) is 4.20. The molecule has 0 aliphatic heterocycles. The molecule has 0 saturated heterocycles. The molecule has 0 radical (unpaired) electrons. The van der Waals surface area contributed by atoms with Gasteiger partial charge >= 0.3 is 6.09 Å². The summed E-state index contributed by atoms with van der Waals surface area (Å²) in [7, 11) is 0. The lowest BCUT2D eigenvalue weighted by Crippen LogP contribution is -2.55. The van der Waals surface area contributed by atoms with Crippen LogP contribution in [0, 0.1) is 5.92 Å². The van der Waals surface area contributed by atoms with Crippen molar-refractivity contribution in [1.82, 2.24) is 15.5 Å². The second-order valence-electron chi connectivity index (χ2n) is 11.2. The molecule has 0 aromatic heterocycles. The molecule has 0 aliphatic carbocycles. The van der Waals surface area contributed by atoms with E-state index in [1.165, 1.54) is 12.1 Å². The van der Waals surface area contributed by atoms with E-state index in [2.05, 4.69) is 24.5 Å². The molecule has 0 spiro atoms. The maximum absolute atomic E-state index is 14.1. The van der Waals surface area contributed by atoms with E-state index in [0.717, 1.165) is 32.1 Å². The van der Waals surface area contributed by atoms with Crippen LogP contribution in [-0.2, 0) is 14.3 Å². The van der Waals surface area contributed by atoms with Gasteiger partial charge in [-0.15, -0.1) is 0 Å². The van der Waals surface area contributed by atoms with E-state index in [1.807, 2.05) is 20.8 Å². The Balaban J connectivity index is 3.46. The molecule has 8 heteroatoms. The zero-order chi connectivity index (χ0) is 28.2. The first-order valence-corrected chi connectivity index (χ1v) is 13.7. The second-order valence-corrected chi connectivity index (χ2v) is 11.2. The predicted molar refractivity (Wildman–Crippen MR) is 147 cm³/mol. The third-order valence-electron chi connectivity index (χ3n) is 6.00. The zero-order valence-corrected chi connectivity index (χ0v) is 24.1. The molecule has 0 bridgehead atoms. The van der Waals surface area contributed by atoms with E-state index in [4.69, 9.17) is 4.74 Å². The lowest BCUT2D eigenvalue weighted by atomic mass is 9.98. The molecule has 0 aliphatic rings. The van der Waals surface area contributed by atoms with Crippen LogP contribution < -0.4 is 10.6 Å². The molecule has 8 nitrogen and oxygen atoms in total. The molecule has 1 rings (SSSR count). The number of nitrogens with zero attached hydrogens (tertiary/aromatic N) is 1. The lowest BCUT2D eigenvalue weighted by molar-refractivity contribution is -0.143. The van der Waals surface area contributed by atoms with Gasteiger partial charge in [0.15, 0.2) is 0 Å². The number of phenolic OH excluding ortho intramolecular Hbond substituents is 1. The number of carbonyl (C=O) groups excluding carboxylic acids is 3. The monoisotopic (exact) mass is 519 g/mol. The smallest absolute Gasteiger partial charge is 0.408 e. The van der Waals surface area contributed by atoms with Gasteiger partial charge in [0.05, 0.1) is 0 Å². The number of unbranched alkanes of at least 4 members (excludes halogenated alkanes) is 3. The molecule has 210 valence electrons. The van der Waals surface area contributed by atoms with Crippen LogP contribution in [0.1, 0.15) is 106 Å². The Hall–Kier alpha value is -2.77. The molecule has 1 aromatic carbocycles. The van der Waals surface area contributed by atoms with Gasteiger partial charge in [-0.25, -0.2) is 4.79 Å². The molecular formula is C29H49N3O5. The Morgan fingerprint density at radius 2 is 1.68 bits per heavy atom. The van der Waals surface area contributed by atoms with Crippen LogP contribution in [0.25, 0.3) is 0 Å². The number of amides is 3. The van der Waals surface area contributed by atoms with Gasteiger partial charge in [-0.1, -0.05) is 65.5 Å². The summed E-state index contributed by atoms with van der Waals surface area (Å²) in [6, 6.07) is 4.55. The van der Waals surface area contributed by atoms with Crippen LogP contribution in [0.15, 0.2) is 24.3 Å². The van der Waals surface area contributed by atoms with E-state index in [9.17, 15) is 19.5 Å². The van der Waals surface area contributed by atoms with Crippen LogP contribution >= 0.6 is 0 Å². The topological polar surface area (TPSA) is 108 Å². The quantitative estimate of drug-likeness (QED) is 0.273. The average Bonchev–Trinajstić information content (AvgIpc) is 2.77. The highest BCUT2D eigenvalue weighted by molar-refractivity contribution is 5.92. The largest absolute Gasteiger partial charge is 0.508 e. The van der Waals surface area contributed by atoms with Gasteiger partial charge in [-0.05, 0) is 64.2 Å². The van der Waals surface area contributed by atoms with Gasteiger partial charge < -0.3 is 25.4 Å². The molecule has 1 aromatic rings. The van der Waals surface area contributed by atoms with Crippen molar-refractivity contribution in [3.63, 3.8) is 0 Å². The lowest BCUT2D eigenvalue weighted by Gasteiger charge is -2.36. The van der Waals surface area contributed by atoms with E-state index >= 15 is 0 Å². The summed E-state index contributed by atoms with van der Waals surface area (Å²) >= 11 is 0. The number of hydrogen-bond donors (Lipinski definition) is 3. The fraction of sp³-hybridized carbons (Fsp3) is 0.690. The Morgan fingerprint density at radius 1 is 1.00 bits per heavy atom. The maximum atomic E-state index is 14.1. The summed E-state index contributed by atoms with van der Waals surface area (Å²) in [6.07, 6.45) is 4.71. The molecule has 0 fully saturated rings. The van der Waals surface area contributed by atoms with Crippen molar-refractivity contribution in [2.45, 2.75) is 118 Å². The fourth-order valence-corrected chi connectivity index (χ4v) is 4.20. The van der Waals surface area contributed by atoms with Crippen molar-refractivity contribution >= 4 is 17.9 Å². The van der Waals surface area contributed by atoms with Gasteiger partial charge in [-0.2, -0.15) is 0 Å². The molecule has 3 N–H and O–H groups in total. The number of phenols is 1. The van der Waals surface area contributed by atoms with Gasteiger partial charge in [0.1, 0.15) is 23.4 Å². The Labute approximate surface area is 223 Å². The van der Waals surface area contributed by atoms with Gasteiger partial charge in [0.2, 0.25) is 11.8 Å². The SMILES string of the molecule is CCCCCCN(C(=O)C(NC(=O)OC(C)(C)C)C(C)C)C(C(=O)NC(C)CCC)c1cccc(O)c1. The molecule has 3 amide bonds. The molecule has 0 saturated carbocycles. The Kier molecular flexibility index (Phi) is 13.5. The number of hydrogen-bond acceptors (Lipinski definition) is 5. The molecule has 0 heterocycles. The number of carbonyl (C=O) groups is 3. The Morgan fingerprint density at radius 3 is 2.22 bits per heavy atom. The van der Waals surface area contributed by atoms with Crippen molar-refractivity contribution in [3.8, 4) is 5.75 Å². The average molecular weight is 520 g/mol. The van der Waals surface area contributed by atoms with Crippen LogP contribution in [0.4, 0.5) is 4.79 Å². The number of ether oxygens (including phenoxy) is 1. The standard InChI is InChI=1S/C29H49N3O5/c1-9-11-12-13-18-32(27(35)24(20(3)4)31-28(36)37-29(6,7)8)25(22-16-14-17-23(33)19-22)26(34)30-21(5)15-10-2/h14,16-17,19-21,24-25,33H,9-13,15,18H2,1-8H3,(H,30,34)(H,31,36). The molecular weight excluding hydrogens is 470 g/mol. The minimum atomic E-state index is -0.956. The number of nitrogens with one attached hydrogen (secondary N) is 2. The van der Waals surface area contributed by atoms with Crippen LogP contribution in [0.2, 0.25) is 0 Å². The first-order chi connectivity index (χ1) is 17.3. The van der Waals surface area contributed by atoms with E-state index < -0.39 is 23.8 Å². The van der Waals surface area contributed by atoms with Crippen LogP contribution in [-0.4, -0.2) is 52.1 Å². The number of benzene rings is 1. The summed E-state index contributed by atoms with van der Waals surface area (Å²) in [4.78, 5) is 41.9. The van der Waals surface area contributed by atoms with Gasteiger partial charge in [0, 0.05) is 12.6 Å². The first-order valence-electron chi connectivity index (χ1n) is 13.7. The predicted octanol–water partition coefficient (Wildman–Crippen LogP) is 5.70. The summed E-state index contributed by atoms with van der Waals surface area (Å²) in [5.41, 5.74) is -0.196. The zero-order valence-electron chi connectivity index (χ0n) is 24.1. The summed E-state index contributed by atoms with van der Waals surface area (Å²) < 4.78 is 5.42. The summed E-state index contributed by atoms with van der Waals surface area (Å²) in [5.74, 6) is -0.896. The maximum Gasteiger partial charge on any atom is 0.408 e. The summed E-state index contributed by atoms with van der Waals surface area (Å²) in [5, 5.41) is 16.0. The van der Waals surface area contributed by atoms with E-state index in [1.54, 1.807) is 37.8 Å². The highest BCUT2D eigenvalue weighted by atomic mass is 16.6. The van der Waals surface area contributed by atoms with Crippen molar-refractivity contribution < 1.29 is 24.2 Å². The highest BCUT2D eigenvalue weighted by Gasteiger charge is 2.37. The first kappa shape index (κ1) is 32.3. The Bertz CT molecular complexity index is 865. The number of alkyl carbamates (subject to hydrolysis) is 1. The minimum absolute atomic E-state index is 0.0163. The summed E-state index contributed by atoms with van der Waals surface area (Å²) in [6.45, 7) is 15.4. The molecule has 3 unspecified atom stereocenters. The normalized spacial score (nSPS) is 14.0. The van der Waals surface area contributed by atoms with Gasteiger partial charge in [-0.3, -0.25) is 9.59 Å². The van der Waals surface area contributed by atoms with E-state index in [0.29, 0.717) is 18.5 Å². The van der Waals surface area contributed by atoms with Gasteiger partial charge in [0.25, 0.3) is 0 Å². The molecule has 3 atom stereocenters. The number of aromatic hydroxyl groups is 1. The van der Waals surface area contributed by atoms with Crippen molar-refractivity contribution in [3.05, 3.63) is 29.8 Å². The van der Waals surface area contributed by atoms with Crippen molar-refractivity contribution in [1.29, 1.82) is 0 Å². The van der Waals surface area contributed by atoms with Crippen molar-refractivity contribution in [2.24, 2.45) is 5.92 Å². The third kappa shape index (κ3) is 11.4. The second kappa shape index (κ2) is 15.5. The third-order valence-corrected chi connectivity index (χ3v) is 6.00. The van der Waals surface area contributed by atoms with E-state index in [-0.39, 0.29) is 29.5 Å².